The molecule has 1 saturated heterocycles. The lowest BCUT2D eigenvalue weighted by Crippen LogP contribution is -2.45. The van der Waals surface area contributed by atoms with Crippen LogP contribution in [0.1, 0.15) is 23.7 Å². The number of carboxylic acids is 1. The van der Waals surface area contributed by atoms with E-state index in [0.717, 1.165) is 18.7 Å². The molecule has 1 aliphatic heterocycles. The van der Waals surface area contributed by atoms with Crippen LogP contribution < -0.4 is 4.90 Å². The number of aromatic carboxylic acids is 1. The van der Waals surface area contributed by atoms with Crippen molar-refractivity contribution >= 4 is 11.7 Å². The molecule has 1 unspecified atom stereocenters. The molecule has 0 aromatic heterocycles. The van der Waals surface area contributed by atoms with E-state index in [-0.39, 0.29) is 0 Å². The quantitative estimate of drug-likeness (QED) is 0.870. The molecule has 1 heterocycles. The van der Waals surface area contributed by atoms with Crippen LogP contribution in [-0.2, 0) is 4.74 Å². The third-order valence-electron chi connectivity index (χ3n) is 3.12. The number of ether oxygens (including phenoxy) is 1. The molecule has 4 heteroatoms. The van der Waals surface area contributed by atoms with Crippen molar-refractivity contribution in [3.63, 3.8) is 0 Å². The summed E-state index contributed by atoms with van der Waals surface area (Å²) < 4.78 is 5.44. The summed E-state index contributed by atoms with van der Waals surface area (Å²) in [6.45, 7) is 4.36. The fourth-order valence-corrected chi connectivity index (χ4v) is 2.15. The zero-order chi connectivity index (χ0) is 12.3. The molecule has 0 bridgehead atoms. The van der Waals surface area contributed by atoms with E-state index in [2.05, 4.69) is 11.8 Å². The summed E-state index contributed by atoms with van der Waals surface area (Å²) in [5.74, 6) is -0.881. The minimum Gasteiger partial charge on any atom is -0.478 e. The Hall–Kier alpha value is -1.55. The van der Waals surface area contributed by atoms with Crippen molar-refractivity contribution in [3.05, 3.63) is 29.8 Å². The van der Waals surface area contributed by atoms with Crippen molar-refractivity contribution in [2.45, 2.75) is 19.4 Å². The van der Waals surface area contributed by atoms with Gasteiger partial charge in [0.1, 0.15) is 0 Å². The molecule has 0 saturated carbocycles. The topological polar surface area (TPSA) is 49.8 Å². The summed E-state index contributed by atoms with van der Waals surface area (Å²) in [6, 6.07) is 7.44. The summed E-state index contributed by atoms with van der Waals surface area (Å²) in [5.41, 5.74) is 1.31. The number of nitrogens with zero attached hydrogens (tertiary/aromatic N) is 1. The van der Waals surface area contributed by atoms with Crippen molar-refractivity contribution in [2.75, 3.05) is 24.7 Å². The van der Waals surface area contributed by atoms with Crippen LogP contribution in [0.2, 0.25) is 0 Å². The van der Waals surface area contributed by atoms with Gasteiger partial charge in [0.25, 0.3) is 0 Å². The molecule has 1 fully saturated rings. The molecule has 0 amide bonds. The Morgan fingerprint density at radius 3 is 3.12 bits per heavy atom. The van der Waals surface area contributed by atoms with Crippen LogP contribution in [0.3, 0.4) is 0 Å². The molecule has 0 spiro atoms. The van der Waals surface area contributed by atoms with Gasteiger partial charge in [-0.3, -0.25) is 0 Å². The van der Waals surface area contributed by atoms with Crippen molar-refractivity contribution < 1.29 is 14.6 Å². The van der Waals surface area contributed by atoms with E-state index in [1.54, 1.807) is 18.2 Å². The van der Waals surface area contributed by atoms with Crippen LogP contribution in [0.5, 0.6) is 0 Å². The first-order valence-electron chi connectivity index (χ1n) is 5.90. The Balaban J connectivity index is 2.25. The number of anilines is 1. The van der Waals surface area contributed by atoms with E-state index >= 15 is 0 Å². The summed E-state index contributed by atoms with van der Waals surface area (Å²) in [6.07, 6.45) is 0.997. The molecule has 17 heavy (non-hydrogen) atoms. The Bertz CT molecular complexity index is 405. The highest BCUT2D eigenvalue weighted by molar-refractivity contribution is 5.88. The van der Waals surface area contributed by atoms with Crippen molar-refractivity contribution in [1.29, 1.82) is 0 Å². The predicted octanol–water partition coefficient (Wildman–Crippen LogP) is 2.00. The largest absolute Gasteiger partial charge is 0.478 e. The molecule has 1 aromatic rings. The maximum absolute atomic E-state index is 10.9. The third kappa shape index (κ3) is 2.58. The monoisotopic (exact) mass is 235 g/mol. The van der Waals surface area contributed by atoms with Crippen LogP contribution in [0.4, 0.5) is 5.69 Å². The number of benzene rings is 1. The SMILES string of the molecule is CCC1COCCN1c1cccc(C(=O)O)c1. The van der Waals surface area contributed by atoms with Gasteiger partial charge in [-0.25, -0.2) is 4.79 Å². The second-order valence-corrected chi connectivity index (χ2v) is 4.19. The maximum Gasteiger partial charge on any atom is 0.335 e. The van der Waals surface area contributed by atoms with Crippen LogP contribution in [-0.4, -0.2) is 36.9 Å². The van der Waals surface area contributed by atoms with Gasteiger partial charge < -0.3 is 14.7 Å². The minimum atomic E-state index is -0.881. The molecule has 0 aliphatic carbocycles. The van der Waals surface area contributed by atoms with Gasteiger partial charge in [-0.15, -0.1) is 0 Å². The van der Waals surface area contributed by atoms with Crippen molar-refractivity contribution in [3.8, 4) is 0 Å². The lowest BCUT2D eigenvalue weighted by Gasteiger charge is -2.37. The average Bonchev–Trinajstić information content (AvgIpc) is 2.39. The van der Waals surface area contributed by atoms with Gasteiger partial charge in [-0.1, -0.05) is 13.0 Å². The number of carboxylic acid groups (broad SMARTS) is 1. The molecule has 1 aromatic carbocycles. The molecular weight excluding hydrogens is 218 g/mol. The zero-order valence-corrected chi connectivity index (χ0v) is 9.93. The van der Waals surface area contributed by atoms with Gasteiger partial charge in [-0.05, 0) is 24.6 Å². The fraction of sp³-hybridized carbons (Fsp3) is 0.462. The van der Waals surface area contributed by atoms with Gasteiger partial charge >= 0.3 is 5.97 Å². The van der Waals surface area contributed by atoms with Crippen LogP contribution in [0, 0.1) is 0 Å². The Morgan fingerprint density at radius 2 is 2.41 bits per heavy atom. The number of morpholine rings is 1. The maximum atomic E-state index is 10.9. The third-order valence-corrected chi connectivity index (χ3v) is 3.12. The number of carbonyl (C=O) groups is 1. The standard InChI is InChI=1S/C13H17NO3/c1-2-11-9-17-7-6-14(11)12-5-3-4-10(8-12)13(15)16/h3-5,8,11H,2,6-7,9H2,1H3,(H,15,16). The molecule has 1 atom stereocenters. The first-order valence-corrected chi connectivity index (χ1v) is 5.90. The van der Waals surface area contributed by atoms with E-state index < -0.39 is 5.97 Å². The second kappa shape index (κ2) is 5.19. The zero-order valence-electron chi connectivity index (χ0n) is 9.93. The Morgan fingerprint density at radius 1 is 1.59 bits per heavy atom. The van der Waals surface area contributed by atoms with Gasteiger partial charge in [-0.2, -0.15) is 0 Å². The van der Waals surface area contributed by atoms with Crippen LogP contribution >= 0.6 is 0 Å². The molecule has 1 N–H and O–H groups in total. The average molecular weight is 235 g/mol. The summed E-state index contributed by atoms with van der Waals surface area (Å²) >= 11 is 0. The first kappa shape index (κ1) is 11.9. The van der Waals surface area contributed by atoms with Crippen LogP contribution in [0.15, 0.2) is 24.3 Å². The van der Waals surface area contributed by atoms with Gasteiger partial charge in [0.05, 0.1) is 24.8 Å². The highest BCUT2D eigenvalue weighted by atomic mass is 16.5. The minimum absolute atomic E-state index is 0.337. The smallest absolute Gasteiger partial charge is 0.335 e. The molecule has 0 radical (unpaired) electrons. The Kier molecular flexibility index (Phi) is 3.64. The normalized spacial score (nSPS) is 20.3. The predicted molar refractivity (Wildman–Crippen MR) is 65.6 cm³/mol. The van der Waals surface area contributed by atoms with E-state index in [1.165, 1.54) is 0 Å². The van der Waals surface area contributed by atoms with Crippen LogP contribution in [0.25, 0.3) is 0 Å². The fourth-order valence-electron chi connectivity index (χ4n) is 2.15. The molecule has 92 valence electrons. The molecule has 2 rings (SSSR count). The van der Waals surface area contributed by atoms with E-state index in [1.807, 2.05) is 6.07 Å². The number of hydrogen-bond acceptors (Lipinski definition) is 3. The highest BCUT2D eigenvalue weighted by Gasteiger charge is 2.22. The van der Waals surface area contributed by atoms with Gasteiger partial charge in [0.2, 0.25) is 0 Å². The van der Waals surface area contributed by atoms with Gasteiger partial charge in [0, 0.05) is 12.2 Å². The van der Waals surface area contributed by atoms with E-state index in [9.17, 15) is 4.79 Å². The summed E-state index contributed by atoms with van der Waals surface area (Å²) in [4.78, 5) is 13.2. The van der Waals surface area contributed by atoms with Gasteiger partial charge in [0.15, 0.2) is 0 Å². The van der Waals surface area contributed by atoms with E-state index in [0.29, 0.717) is 24.8 Å². The number of hydrogen-bond donors (Lipinski definition) is 1. The highest BCUT2D eigenvalue weighted by Crippen LogP contribution is 2.22. The lowest BCUT2D eigenvalue weighted by atomic mass is 10.1. The molecule has 1 aliphatic rings. The van der Waals surface area contributed by atoms with Crippen molar-refractivity contribution in [1.82, 2.24) is 0 Å². The van der Waals surface area contributed by atoms with E-state index in [4.69, 9.17) is 9.84 Å². The lowest BCUT2D eigenvalue weighted by molar-refractivity contribution is 0.0697. The number of rotatable bonds is 3. The summed E-state index contributed by atoms with van der Waals surface area (Å²) in [7, 11) is 0. The molecular formula is C13H17NO3. The molecule has 4 nitrogen and oxygen atoms in total. The first-order chi connectivity index (χ1) is 8.22. The summed E-state index contributed by atoms with van der Waals surface area (Å²) in [5, 5.41) is 8.99. The van der Waals surface area contributed by atoms with Crippen molar-refractivity contribution in [2.24, 2.45) is 0 Å². The Labute approximate surface area is 101 Å². The second-order valence-electron chi connectivity index (χ2n) is 4.19.